The minimum Gasteiger partial charge on any atom is -0.497 e. The summed E-state index contributed by atoms with van der Waals surface area (Å²) < 4.78 is 7.21. The maximum absolute atomic E-state index is 5.89. The van der Waals surface area contributed by atoms with Crippen LogP contribution in [0.25, 0.3) is 16.9 Å². The van der Waals surface area contributed by atoms with Crippen LogP contribution in [0.15, 0.2) is 48.8 Å². The molecule has 3 rings (SSSR count). The van der Waals surface area contributed by atoms with Crippen molar-refractivity contribution in [3.63, 3.8) is 0 Å². The summed E-state index contributed by atoms with van der Waals surface area (Å²) in [6.45, 7) is 0. The molecule has 18 heavy (non-hydrogen) atoms. The van der Waals surface area contributed by atoms with Crippen molar-refractivity contribution < 1.29 is 4.74 Å². The van der Waals surface area contributed by atoms with Gasteiger partial charge in [0.05, 0.1) is 18.8 Å². The summed E-state index contributed by atoms with van der Waals surface area (Å²) in [5.74, 6) is 1.72. The lowest BCUT2D eigenvalue weighted by atomic mass is 10.2. The number of hydrogen-bond donors (Lipinski definition) is 0. The van der Waals surface area contributed by atoms with Crippen LogP contribution < -0.4 is 4.74 Å². The lowest BCUT2D eigenvalue weighted by Crippen LogP contribution is -1.90. The van der Waals surface area contributed by atoms with Crippen LogP contribution in [-0.4, -0.2) is 16.5 Å². The maximum atomic E-state index is 5.89. The first-order chi connectivity index (χ1) is 8.78. The molecule has 0 spiro atoms. The van der Waals surface area contributed by atoms with E-state index >= 15 is 0 Å². The SMILES string of the molecule is COc1ccn2c(-c3ccc(Cl)cc3)ncc2c1. The summed E-state index contributed by atoms with van der Waals surface area (Å²) in [7, 11) is 1.66. The van der Waals surface area contributed by atoms with E-state index in [0.717, 1.165) is 27.7 Å². The van der Waals surface area contributed by atoms with Crippen molar-refractivity contribution in [1.29, 1.82) is 0 Å². The van der Waals surface area contributed by atoms with E-state index in [0.29, 0.717) is 0 Å². The fraction of sp³-hybridized carbons (Fsp3) is 0.0714. The molecule has 0 aliphatic carbocycles. The summed E-state index contributed by atoms with van der Waals surface area (Å²) in [6.07, 6.45) is 3.78. The van der Waals surface area contributed by atoms with Gasteiger partial charge in [-0.05, 0) is 30.3 Å². The summed E-state index contributed by atoms with van der Waals surface area (Å²) >= 11 is 5.89. The highest BCUT2D eigenvalue weighted by Gasteiger charge is 2.06. The Bertz CT molecular complexity index is 689. The van der Waals surface area contributed by atoms with Crippen LogP contribution >= 0.6 is 11.6 Å². The molecule has 0 saturated heterocycles. The Morgan fingerprint density at radius 2 is 1.94 bits per heavy atom. The molecule has 0 aliphatic rings. The molecule has 0 atom stereocenters. The normalized spacial score (nSPS) is 10.8. The van der Waals surface area contributed by atoms with E-state index in [1.54, 1.807) is 7.11 Å². The fourth-order valence-corrected chi connectivity index (χ4v) is 2.04. The number of fused-ring (bicyclic) bond motifs is 1. The number of ether oxygens (including phenoxy) is 1. The Morgan fingerprint density at radius 3 is 2.67 bits per heavy atom. The third-order valence-corrected chi connectivity index (χ3v) is 3.09. The zero-order valence-corrected chi connectivity index (χ0v) is 10.6. The zero-order valence-electron chi connectivity index (χ0n) is 9.80. The second-order valence-electron chi connectivity index (χ2n) is 3.95. The molecule has 3 nitrogen and oxygen atoms in total. The summed E-state index contributed by atoms with van der Waals surface area (Å²) in [5, 5.41) is 0.723. The standard InChI is InChI=1S/C14H11ClN2O/c1-18-13-6-7-17-12(8-13)9-16-14(17)10-2-4-11(15)5-3-10/h2-9H,1H3. The van der Waals surface area contributed by atoms with Gasteiger partial charge in [0.2, 0.25) is 0 Å². The molecule has 2 aromatic heterocycles. The quantitative estimate of drug-likeness (QED) is 0.701. The van der Waals surface area contributed by atoms with Crippen LogP contribution in [0.2, 0.25) is 5.02 Å². The highest BCUT2D eigenvalue weighted by molar-refractivity contribution is 6.30. The molecule has 0 bridgehead atoms. The van der Waals surface area contributed by atoms with Gasteiger partial charge in [-0.15, -0.1) is 0 Å². The molecule has 4 heteroatoms. The van der Waals surface area contributed by atoms with E-state index in [1.807, 2.05) is 53.2 Å². The molecule has 3 aromatic rings. The molecular weight excluding hydrogens is 248 g/mol. The van der Waals surface area contributed by atoms with Gasteiger partial charge in [0.25, 0.3) is 0 Å². The lowest BCUT2D eigenvalue weighted by Gasteiger charge is -2.03. The Kier molecular flexibility index (Phi) is 2.68. The molecule has 0 unspecified atom stereocenters. The monoisotopic (exact) mass is 258 g/mol. The lowest BCUT2D eigenvalue weighted by molar-refractivity contribution is 0.414. The van der Waals surface area contributed by atoms with Crippen LogP contribution in [0, 0.1) is 0 Å². The highest BCUT2D eigenvalue weighted by atomic mass is 35.5. The number of benzene rings is 1. The highest BCUT2D eigenvalue weighted by Crippen LogP contribution is 2.23. The molecule has 2 heterocycles. The van der Waals surface area contributed by atoms with Crippen LogP contribution in [0.3, 0.4) is 0 Å². The van der Waals surface area contributed by atoms with Gasteiger partial charge < -0.3 is 4.74 Å². The molecule has 0 radical (unpaired) electrons. The Balaban J connectivity index is 2.15. The summed E-state index contributed by atoms with van der Waals surface area (Å²) in [5.41, 5.74) is 2.03. The first-order valence-corrected chi connectivity index (χ1v) is 5.93. The van der Waals surface area contributed by atoms with E-state index in [4.69, 9.17) is 16.3 Å². The second kappa shape index (κ2) is 4.35. The van der Waals surface area contributed by atoms with Crippen molar-refractivity contribution in [3.05, 3.63) is 53.8 Å². The van der Waals surface area contributed by atoms with Gasteiger partial charge in [-0.1, -0.05) is 11.6 Å². The average molecular weight is 259 g/mol. The van der Waals surface area contributed by atoms with Crippen molar-refractivity contribution >= 4 is 17.1 Å². The van der Waals surface area contributed by atoms with E-state index in [9.17, 15) is 0 Å². The molecule has 0 N–H and O–H groups in total. The van der Waals surface area contributed by atoms with Crippen molar-refractivity contribution in [2.24, 2.45) is 0 Å². The average Bonchev–Trinajstić information content (AvgIpc) is 2.82. The largest absolute Gasteiger partial charge is 0.497 e. The number of methoxy groups -OCH3 is 1. The van der Waals surface area contributed by atoms with E-state index in [1.165, 1.54) is 0 Å². The zero-order chi connectivity index (χ0) is 12.5. The van der Waals surface area contributed by atoms with Crippen LogP contribution in [0.4, 0.5) is 0 Å². The van der Waals surface area contributed by atoms with Gasteiger partial charge >= 0.3 is 0 Å². The van der Waals surface area contributed by atoms with Crippen LogP contribution in [-0.2, 0) is 0 Å². The number of halogens is 1. The van der Waals surface area contributed by atoms with Gasteiger partial charge in [0.15, 0.2) is 0 Å². The van der Waals surface area contributed by atoms with Gasteiger partial charge in [-0.2, -0.15) is 0 Å². The molecule has 1 aromatic carbocycles. The first kappa shape index (κ1) is 11.1. The number of imidazole rings is 1. The van der Waals surface area contributed by atoms with Gasteiger partial charge in [0.1, 0.15) is 11.6 Å². The minimum atomic E-state index is 0.723. The van der Waals surface area contributed by atoms with Crippen molar-refractivity contribution in [2.75, 3.05) is 7.11 Å². The summed E-state index contributed by atoms with van der Waals surface area (Å²) in [6, 6.07) is 11.5. The van der Waals surface area contributed by atoms with Crippen LogP contribution in [0.1, 0.15) is 0 Å². The summed E-state index contributed by atoms with van der Waals surface area (Å²) in [4.78, 5) is 4.43. The molecule has 90 valence electrons. The predicted octanol–water partition coefficient (Wildman–Crippen LogP) is 3.66. The third kappa shape index (κ3) is 1.83. The van der Waals surface area contributed by atoms with Crippen molar-refractivity contribution in [3.8, 4) is 17.1 Å². The van der Waals surface area contributed by atoms with E-state index < -0.39 is 0 Å². The molecule has 0 fully saturated rings. The van der Waals surface area contributed by atoms with Crippen molar-refractivity contribution in [1.82, 2.24) is 9.38 Å². The van der Waals surface area contributed by atoms with E-state index in [2.05, 4.69) is 4.98 Å². The molecular formula is C14H11ClN2O. The Labute approximate surface area is 110 Å². The topological polar surface area (TPSA) is 26.5 Å². The molecule has 0 aliphatic heterocycles. The minimum absolute atomic E-state index is 0.723. The number of nitrogens with zero attached hydrogens (tertiary/aromatic N) is 2. The fourth-order valence-electron chi connectivity index (χ4n) is 1.92. The number of aromatic nitrogens is 2. The van der Waals surface area contributed by atoms with Crippen LogP contribution in [0.5, 0.6) is 5.75 Å². The smallest absolute Gasteiger partial charge is 0.144 e. The number of pyridine rings is 1. The van der Waals surface area contributed by atoms with E-state index in [-0.39, 0.29) is 0 Å². The van der Waals surface area contributed by atoms with Gasteiger partial charge in [0, 0.05) is 22.8 Å². The maximum Gasteiger partial charge on any atom is 0.144 e. The Morgan fingerprint density at radius 1 is 1.17 bits per heavy atom. The predicted molar refractivity (Wildman–Crippen MR) is 72.2 cm³/mol. The second-order valence-corrected chi connectivity index (χ2v) is 4.39. The van der Waals surface area contributed by atoms with Crippen molar-refractivity contribution in [2.45, 2.75) is 0 Å². The first-order valence-electron chi connectivity index (χ1n) is 5.55. The number of rotatable bonds is 2. The third-order valence-electron chi connectivity index (χ3n) is 2.84. The van der Waals surface area contributed by atoms with Gasteiger partial charge in [-0.3, -0.25) is 4.40 Å². The molecule has 0 saturated carbocycles. The Hall–Kier alpha value is -2.00. The van der Waals surface area contributed by atoms with Gasteiger partial charge in [-0.25, -0.2) is 4.98 Å². The number of hydrogen-bond acceptors (Lipinski definition) is 2. The molecule has 0 amide bonds.